The largest absolute Gasteiger partial charge is 0.383 e. The maximum Gasteiger partial charge on any atom is 0.0587 e. The van der Waals surface area contributed by atoms with E-state index in [2.05, 4.69) is 30.4 Å². The first kappa shape index (κ1) is 16.8. The Kier molecular flexibility index (Phi) is 6.49. The minimum Gasteiger partial charge on any atom is -0.383 e. The van der Waals surface area contributed by atoms with E-state index >= 15 is 0 Å². The number of hydrogen-bond donors (Lipinski definition) is 1. The van der Waals surface area contributed by atoms with Crippen molar-refractivity contribution in [2.45, 2.75) is 26.2 Å². The number of benzene rings is 1. The molecule has 1 aliphatic rings. The van der Waals surface area contributed by atoms with Crippen LogP contribution in [0.5, 0.6) is 0 Å². The summed E-state index contributed by atoms with van der Waals surface area (Å²) in [6, 6.07) is 6.37. The summed E-state index contributed by atoms with van der Waals surface area (Å²) in [5.74, 6) is 0. The first-order valence-electron chi connectivity index (χ1n) is 7.68. The fraction of sp³-hybridized carbons (Fsp3) is 0.647. The lowest BCUT2D eigenvalue weighted by Crippen LogP contribution is -2.41. The molecule has 3 nitrogen and oxygen atoms in total. The average Bonchev–Trinajstić information content (AvgIpc) is 2.48. The molecule has 1 aromatic rings. The molecule has 1 heterocycles. The molecule has 1 saturated heterocycles. The predicted octanol–water partition coefficient (Wildman–Crippen LogP) is 3.22. The Labute approximate surface area is 133 Å². The summed E-state index contributed by atoms with van der Waals surface area (Å²) in [7, 11) is 1.73. The molecule has 1 N–H and O–H groups in total. The fourth-order valence-electron chi connectivity index (χ4n) is 2.95. The normalized spacial score (nSPS) is 17.9. The van der Waals surface area contributed by atoms with E-state index in [1.54, 1.807) is 7.11 Å². The lowest BCUT2D eigenvalue weighted by molar-refractivity contribution is 0.0143. The van der Waals surface area contributed by atoms with E-state index in [9.17, 15) is 0 Å². The van der Waals surface area contributed by atoms with Crippen molar-refractivity contribution in [3.05, 3.63) is 34.3 Å². The van der Waals surface area contributed by atoms with Gasteiger partial charge in [0.25, 0.3) is 0 Å². The van der Waals surface area contributed by atoms with Crippen LogP contribution in [0.25, 0.3) is 0 Å². The summed E-state index contributed by atoms with van der Waals surface area (Å²) >= 11 is 6.42. The molecule has 0 spiro atoms. The molecule has 0 unspecified atom stereocenters. The van der Waals surface area contributed by atoms with Gasteiger partial charge in [0, 0.05) is 38.4 Å². The maximum atomic E-state index is 6.42. The lowest BCUT2D eigenvalue weighted by atomic mass is 9.75. The van der Waals surface area contributed by atoms with Crippen LogP contribution in [0, 0.1) is 12.3 Å². The molecule has 2 rings (SSSR count). The van der Waals surface area contributed by atoms with E-state index in [4.69, 9.17) is 21.1 Å². The summed E-state index contributed by atoms with van der Waals surface area (Å²) in [5, 5.41) is 4.41. The van der Waals surface area contributed by atoms with Gasteiger partial charge in [-0.3, -0.25) is 0 Å². The van der Waals surface area contributed by atoms with E-state index < -0.39 is 0 Å². The molecule has 118 valence electrons. The van der Waals surface area contributed by atoms with Gasteiger partial charge in [-0.05, 0) is 48.8 Å². The van der Waals surface area contributed by atoms with Crippen molar-refractivity contribution in [1.29, 1.82) is 0 Å². The molecule has 0 aliphatic carbocycles. The molecule has 0 aromatic heterocycles. The highest BCUT2D eigenvalue weighted by atomic mass is 35.5. The summed E-state index contributed by atoms with van der Waals surface area (Å²) in [6.07, 6.45) is 3.17. The molecule has 0 saturated carbocycles. The van der Waals surface area contributed by atoms with Crippen molar-refractivity contribution >= 4 is 11.6 Å². The minimum atomic E-state index is 0.241. The molecule has 21 heavy (non-hydrogen) atoms. The van der Waals surface area contributed by atoms with Gasteiger partial charge in [0.2, 0.25) is 0 Å². The number of aryl methyl sites for hydroxylation is 1. The van der Waals surface area contributed by atoms with Crippen LogP contribution in [0.2, 0.25) is 5.02 Å². The number of ether oxygens (including phenoxy) is 2. The number of hydrogen-bond acceptors (Lipinski definition) is 3. The van der Waals surface area contributed by atoms with Gasteiger partial charge >= 0.3 is 0 Å². The average molecular weight is 312 g/mol. The van der Waals surface area contributed by atoms with Crippen molar-refractivity contribution in [3.63, 3.8) is 0 Å². The third-order valence-corrected chi connectivity index (χ3v) is 4.66. The second-order valence-corrected chi connectivity index (χ2v) is 6.46. The van der Waals surface area contributed by atoms with Crippen molar-refractivity contribution < 1.29 is 9.47 Å². The Morgan fingerprint density at radius 1 is 1.33 bits per heavy atom. The van der Waals surface area contributed by atoms with Gasteiger partial charge in [-0.25, -0.2) is 0 Å². The molecule has 0 radical (unpaired) electrons. The molecule has 0 amide bonds. The van der Waals surface area contributed by atoms with E-state index in [-0.39, 0.29) is 5.41 Å². The Balaban J connectivity index is 2.04. The van der Waals surface area contributed by atoms with Gasteiger partial charge in [0.05, 0.1) is 6.61 Å². The van der Waals surface area contributed by atoms with Crippen LogP contribution >= 0.6 is 11.6 Å². The smallest absolute Gasteiger partial charge is 0.0587 e. The molecule has 1 fully saturated rings. The number of rotatable bonds is 7. The maximum absolute atomic E-state index is 6.42. The third kappa shape index (κ3) is 4.96. The minimum absolute atomic E-state index is 0.241. The van der Waals surface area contributed by atoms with Crippen molar-refractivity contribution in [3.8, 4) is 0 Å². The molecular formula is C17H26ClNO2. The topological polar surface area (TPSA) is 30.5 Å². The zero-order valence-corrected chi connectivity index (χ0v) is 13.8. The van der Waals surface area contributed by atoms with E-state index in [0.717, 1.165) is 57.2 Å². The number of methoxy groups -OCH3 is 1. The Morgan fingerprint density at radius 3 is 2.76 bits per heavy atom. The molecule has 1 aliphatic heterocycles. The fourth-order valence-corrected chi connectivity index (χ4v) is 3.25. The zero-order chi connectivity index (χ0) is 15.1. The molecule has 1 aromatic carbocycles. The molecular weight excluding hydrogens is 286 g/mol. The first-order valence-corrected chi connectivity index (χ1v) is 8.05. The van der Waals surface area contributed by atoms with Gasteiger partial charge < -0.3 is 14.8 Å². The van der Waals surface area contributed by atoms with Crippen LogP contribution in [0.15, 0.2) is 18.2 Å². The first-order chi connectivity index (χ1) is 10.2. The van der Waals surface area contributed by atoms with E-state index in [1.807, 2.05) is 0 Å². The SMILES string of the molecule is COCCNCC1(Cc2ccc(C)cc2Cl)CCOCC1. The summed E-state index contributed by atoms with van der Waals surface area (Å²) in [5.41, 5.74) is 2.70. The summed E-state index contributed by atoms with van der Waals surface area (Å²) < 4.78 is 10.7. The molecule has 0 atom stereocenters. The molecule has 4 heteroatoms. The second kappa shape index (κ2) is 8.14. The van der Waals surface area contributed by atoms with Crippen molar-refractivity contribution in [2.24, 2.45) is 5.41 Å². The van der Waals surface area contributed by atoms with E-state index in [0.29, 0.717) is 0 Å². The highest BCUT2D eigenvalue weighted by Gasteiger charge is 2.33. The highest BCUT2D eigenvalue weighted by molar-refractivity contribution is 6.31. The zero-order valence-electron chi connectivity index (χ0n) is 13.1. The lowest BCUT2D eigenvalue weighted by Gasteiger charge is -2.38. The summed E-state index contributed by atoms with van der Waals surface area (Å²) in [4.78, 5) is 0. The highest BCUT2D eigenvalue weighted by Crippen LogP contribution is 2.35. The van der Waals surface area contributed by atoms with Crippen LogP contribution in [0.4, 0.5) is 0 Å². The van der Waals surface area contributed by atoms with Crippen LogP contribution in [0.3, 0.4) is 0 Å². The van der Waals surface area contributed by atoms with Crippen LogP contribution in [0.1, 0.15) is 24.0 Å². The third-order valence-electron chi connectivity index (χ3n) is 4.31. The predicted molar refractivity (Wildman–Crippen MR) is 87.1 cm³/mol. The van der Waals surface area contributed by atoms with Crippen LogP contribution in [-0.2, 0) is 15.9 Å². The Hall–Kier alpha value is -0.610. The van der Waals surface area contributed by atoms with Gasteiger partial charge in [0.15, 0.2) is 0 Å². The Bertz CT molecular complexity index is 444. The second-order valence-electron chi connectivity index (χ2n) is 6.05. The van der Waals surface area contributed by atoms with Gasteiger partial charge in [0.1, 0.15) is 0 Å². The van der Waals surface area contributed by atoms with Crippen LogP contribution in [-0.4, -0.2) is 40.0 Å². The number of halogens is 1. The number of nitrogens with one attached hydrogen (secondary N) is 1. The van der Waals surface area contributed by atoms with Crippen LogP contribution < -0.4 is 5.32 Å². The standard InChI is InChI=1S/C17H26ClNO2/c1-14-3-4-15(16(18)11-14)12-17(5-8-21-9-6-17)13-19-7-10-20-2/h3-4,11,19H,5-10,12-13H2,1-2H3. The van der Waals surface area contributed by atoms with Crippen molar-refractivity contribution in [1.82, 2.24) is 5.32 Å². The van der Waals surface area contributed by atoms with E-state index in [1.165, 1.54) is 11.1 Å². The van der Waals surface area contributed by atoms with Crippen molar-refractivity contribution in [2.75, 3.05) is 40.0 Å². The monoisotopic (exact) mass is 311 g/mol. The van der Waals surface area contributed by atoms with Gasteiger partial charge in [-0.1, -0.05) is 23.7 Å². The molecule has 0 bridgehead atoms. The quantitative estimate of drug-likeness (QED) is 0.784. The summed E-state index contributed by atoms with van der Waals surface area (Å²) in [6.45, 7) is 6.39. The van der Waals surface area contributed by atoms with Gasteiger partial charge in [-0.15, -0.1) is 0 Å². The van der Waals surface area contributed by atoms with Gasteiger partial charge in [-0.2, -0.15) is 0 Å². The Morgan fingerprint density at radius 2 is 2.10 bits per heavy atom.